The summed E-state index contributed by atoms with van der Waals surface area (Å²) in [6.45, 7) is 2.63. The maximum Gasteiger partial charge on any atom is 0.261 e. The number of benzene rings is 2. The van der Waals surface area contributed by atoms with Crippen molar-refractivity contribution in [3.05, 3.63) is 71.0 Å². The first-order chi connectivity index (χ1) is 12.6. The molecule has 1 aromatic heterocycles. The fraction of sp³-hybridized carbons (Fsp3) is 0.200. The van der Waals surface area contributed by atoms with Gasteiger partial charge in [0.05, 0.1) is 28.8 Å². The van der Waals surface area contributed by atoms with Crippen LogP contribution in [0.5, 0.6) is 0 Å². The van der Waals surface area contributed by atoms with Crippen LogP contribution in [0.1, 0.15) is 22.5 Å². The summed E-state index contributed by atoms with van der Waals surface area (Å²) in [6, 6.07) is 15.6. The average molecular weight is 384 g/mol. The van der Waals surface area contributed by atoms with Gasteiger partial charge in [-0.05, 0) is 49.4 Å². The summed E-state index contributed by atoms with van der Waals surface area (Å²) in [5.41, 5.74) is 3.26. The zero-order chi connectivity index (χ0) is 18.1. The van der Waals surface area contributed by atoms with Gasteiger partial charge in [0.2, 0.25) is 0 Å². The van der Waals surface area contributed by atoms with Crippen molar-refractivity contribution < 1.29 is 4.79 Å². The molecule has 0 unspecified atom stereocenters. The summed E-state index contributed by atoms with van der Waals surface area (Å²) in [5.74, 6) is 1.01. The van der Waals surface area contributed by atoms with E-state index in [-0.39, 0.29) is 5.91 Å². The number of hydrogen-bond donors (Lipinski definition) is 0. The lowest BCUT2D eigenvalue weighted by atomic mass is 10.2. The van der Waals surface area contributed by atoms with Gasteiger partial charge >= 0.3 is 0 Å². The third-order valence-corrected chi connectivity index (χ3v) is 5.86. The zero-order valence-electron chi connectivity index (χ0n) is 14.4. The summed E-state index contributed by atoms with van der Waals surface area (Å²) in [6.07, 6.45) is 2.62. The molecular formula is C20H18ClN3OS. The number of nitrogens with zero attached hydrogens (tertiary/aromatic N) is 3. The molecular weight excluding hydrogens is 366 g/mol. The normalized spacial score (nSPS) is 14.0. The SMILES string of the molecule is Cc1c(C(=O)N2CCCSc3ccccc32)cnn1-c1cccc(Cl)c1. The molecule has 6 heteroatoms. The van der Waals surface area contributed by atoms with E-state index >= 15 is 0 Å². The molecule has 132 valence electrons. The van der Waals surface area contributed by atoms with Crippen LogP contribution in [-0.4, -0.2) is 28.0 Å². The number of aromatic nitrogens is 2. The number of anilines is 1. The number of halogens is 1. The van der Waals surface area contributed by atoms with Crippen molar-refractivity contribution in [1.29, 1.82) is 0 Å². The smallest absolute Gasteiger partial charge is 0.261 e. The van der Waals surface area contributed by atoms with E-state index in [1.165, 1.54) is 0 Å². The summed E-state index contributed by atoms with van der Waals surface area (Å²) in [4.78, 5) is 16.3. The molecule has 3 aromatic rings. The highest BCUT2D eigenvalue weighted by atomic mass is 35.5. The molecule has 2 heterocycles. The minimum Gasteiger partial charge on any atom is -0.307 e. The van der Waals surface area contributed by atoms with Gasteiger partial charge in [0.15, 0.2) is 0 Å². The molecule has 0 N–H and O–H groups in total. The minimum absolute atomic E-state index is 0.00859. The van der Waals surface area contributed by atoms with Gasteiger partial charge < -0.3 is 4.90 Å². The topological polar surface area (TPSA) is 38.1 Å². The van der Waals surface area contributed by atoms with Gasteiger partial charge in [-0.15, -0.1) is 11.8 Å². The van der Waals surface area contributed by atoms with Crippen LogP contribution in [0, 0.1) is 6.92 Å². The van der Waals surface area contributed by atoms with Crippen LogP contribution < -0.4 is 4.90 Å². The summed E-state index contributed by atoms with van der Waals surface area (Å²) >= 11 is 7.90. The van der Waals surface area contributed by atoms with E-state index in [1.54, 1.807) is 22.6 Å². The molecule has 1 amide bonds. The Morgan fingerprint density at radius 3 is 2.88 bits per heavy atom. The van der Waals surface area contributed by atoms with Crippen molar-refractivity contribution in [2.45, 2.75) is 18.2 Å². The van der Waals surface area contributed by atoms with Crippen molar-refractivity contribution >= 4 is 35.0 Å². The maximum atomic E-state index is 13.3. The molecule has 2 aromatic carbocycles. The number of carbonyl (C=O) groups excluding carboxylic acids is 1. The minimum atomic E-state index is -0.00859. The Hall–Kier alpha value is -2.24. The predicted molar refractivity (Wildman–Crippen MR) is 107 cm³/mol. The molecule has 4 nitrogen and oxygen atoms in total. The van der Waals surface area contributed by atoms with Crippen LogP contribution in [0.2, 0.25) is 5.02 Å². The van der Waals surface area contributed by atoms with E-state index in [2.05, 4.69) is 11.2 Å². The van der Waals surface area contributed by atoms with Gasteiger partial charge in [0, 0.05) is 16.5 Å². The van der Waals surface area contributed by atoms with Gasteiger partial charge in [0.1, 0.15) is 0 Å². The van der Waals surface area contributed by atoms with Crippen molar-refractivity contribution in [3.63, 3.8) is 0 Å². The van der Waals surface area contributed by atoms with E-state index in [0.29, 0.717) is 17.1 Å². The largest absolute Gasteiger partial charge is 0.307 e. The van der Waals surface area contributed by atoms with Crippen molar-refractivity contribution in [1.82, 2.24) is 9.78 Å². The lowest BCUT2D eigenvalue weighted by molar-refractivity contribution is 0.0986. The molecule has 0 spiro atoms. The second kappa shape index (κ2) is 7.17. The molecule has 0 radical (unpaired) electrons. The number of para-hydroxylation sites is 1. The first-order valence-electron chi connectivity index (χ1n) is 8.49. The zero-order valence-corrected chi connectivity index (χ0v) is 15.9. The van der Waals surface area contributed by atoms with Crippen molar-refractivity contribution in [3.8, 4) is 5.69 Å². The highest BCUT2D eigenvalue weighted by Gasteiger charge is 2.25. The lowest BCUT2D eigenvalue weighted by Gasteiger charge is -2.22. The predicted octanol–water partition coefficient (Wildman–Crippen LogP) is 4.98. The van der Waals surface area contributed by atoms with Gasteiger partial charge in [-0.2, -0.15) is 5.10 Å². The Balaban J connectivity index is 1.72. The van der Waals surface area contributed by atoms with Crippen LogP contribution in [0.4, 0.5) is 5.69 Å². The van der Waals surface area contributed by atoms with Crippen LogP contribution in [0.3, 0.4) is 0 Å². The summed E-state index contributed by atoms with van der Waals surface area (Å²) in [7, 11) is 0. The van der Waals surface area contributed by atoms with Gasteiger partial charge in [-0.25, -0.2) is 4.68 Å². The Morgan fingerprint density at radius 1 is 1.19 bits per heavy atom. The molecule has 0 fully saturated rings. The van der Waals surface area contributed by atoms with E-state index in [1.807, 2.05) is 54.3 Å². The summed E-state index contributed by atoms with van der Waals surface area (Å²) in [5, 5.41) is 5.07. The number of fused-ring (bicyclic) bond motifs is 1. The second-order valence-electron chi connectivity index (χ2n) is 6.16. The molecule has 0 bridgehead atoms. The fourth-order valence-corrected chi connectivity index (χ4v) is 4.35. The number of rotatable bonds is 2. The van der Waals surface area contributed by atoms with Gasteiger partial charge in [-0.3, -0.25) is 4.79 Å². The Labute approximate surface area is 161 Å². The Morgan fingerprint density at radius 2 is 2.04 bits per heavy atom. The van der Waals surface area contributed by atoms with Crippen molar-refractivity contribution in [2.75, 3.05) is 17.2 Å². The average Bonchev–Trinajstić information content (AvgIpc) is 2.90. The fourth-order valence-electron chi connectivity index (χ4n) is 3.17. The van der Waals surface area contributed by atoms with Crippen LogP contribution in [0.15, 0.2) is 59.6 Å². The first kappa shape index (κ1) is 17.2. The third kappa shape index (κ3) is 3.13. The van der Waals surface area contributed by atoms with Crippen molar-refractivity contribution in [2.24, 2.45) is 0 Å². The number of carbonyl (C=O) groups is 1. The van der Waals surface area contributed by atoms with E-state index < -0.39 is 0 Å². The molecule has 0 atom stereocenters. The number of hydrogen-bond acceptors (Lipinski definition) is 3. The highest BCUT2D eigenvalue weighted by Crippen LogP contribution is 2.34. The maximum absolute atomic E-state index is 13.3. The van der Waals surface area contributed by atoms with E-state index in [9.17, 15) is 4.79 Å². The van der Waals surface area contributed by atoms with Crippen LogP contribution in [0.25, 0.3) is 5.69 Å². The number of thioether (sulfide) groups is 1. The molecule has 0 aliphatic carbocycles. The Kier molecular flexibility index (Phi) is 4.74. The number of amides is 1. The van der Waals surface area contributed by atoms with Gasteiger partial charge in [-0.1, -0.05) is 29.8 Å². The molecule has 4 rings (SSSR count). The van der Waals surface area contributed by atoms with Crippen LogP contribution >= 0.6 is 23.4 Å². The molecule has 26 heavy (non-hydrogen) atoms. The highest BCUT2D eigenvalue weighted by molar-refractivity contribution is 7.99. The second-order valence-corrected chi connectivity index (χ2v) is 7.74. The Bertz CT molecular complexity index is 969. The van der Waals surface area contributed by atoms with Crippen LogP contribution in [-0.2, 0) is 0 Å². The lowest BCUT2D eigenvalue weighted by Crippen LogP contribution is -2.32. The monoisotopic (exact) mass is 383 g/mol. The molecule has 1 aliphatic heterocycles. The standard InChI is InChI=1S/C20H18ClN3OS/c1-14-17(13-22-24(14)16-7-4-6-15(21)12-16)20(25)23-10-5-11-26-19-9-3-2-8-18(19)23/h2-4,6-9,12-13H,5,10-11H2,1H3. The van der Waals surface area contributed by atoms with Gasteiger partial charge in [0.25, 0.3) is 5.91 Å². The van der Waals surface area contributed by atoms with E-state index in [4.69, 9.17) is 11.6 Å². The first-order valence-corrected chi connectivity index (χ1v) is 9.86. The third-order valence-electron chi connectivity index (χ3n) is 4.48. The molecule has 0 saturated carbocycles. The summed E-state index contributed by atoms with van der Waals surface area (Å²) < 4.78 is 1.76. The van der Waals surface area contributed by atoms with E-state index in [0.717, 1.165) is 34.1 Å². The molecule has 0 saturated heterocycles. The molecule has 1 aliphatic rings. The quantitative estimate of drug-likeness (QED) is 0.626.